The van der Waals surface area contributed by atoms with Gasteiger partial charge in [-0.3, -0.25) is 4.90 Å². The number of ether oxygens (including phenoxy) is 1. The van der Waals surface area contributed by atoms with E-state index in [9.17, 15) is 18.0 Å². The van der Waals surface area contributed by atoms with Gasteiger partial charge in [-0.1, -0.05) is 6.07 Å². The predicted octanol–water partition coefficient (Wildman–Crippen LogP) is 3.09. The molecule has 0 spiro atoms. The molecule has 1 amide bonds. The summed E-state index contributed by atoms with van der Waals surface area (Å²) in [7, 11) is 1.72. The Labute approximate surface area is 157 Å². The van der Waals surface area contributed by atoms with Crippen LogP contribution in [0.4, 0.5) is 23.7 Å². The first-order valence-corrected chi connectivity index (χ1v) is 8.39. The monoisotopic (exact) mass is 393 g/mol. The topological polar surface area (TPSA) is 36.0 Å². The molecule has 1 unspecified atom stereocenters. The van der Waals surface area contributed by atoms with E-state index in [1.165, 1.54) is 12.1 Å². The third-order valence-electron chi connectivity index (χ3n) is 4.73. The van der Waals surface area contributed by atoms with Gasteiger partial charge in [-0.15, -0.1) is 12.4 Å². The molecular weight excluding hydrogens is 371 g/mol. The molecule has 0 saturated carbocycles. The average Bonchev–Trinajstić information content (AvgIpc) is 2.91. The van der Waals surface area contributed by atoms with Crippen LogP contribution in [0.15, 0.2) is 24.3 Å². The largest absolute Gasteiger partial charge is 0.444 e. The van der Waals surface area contributed by atoms with Gasteiger partial charge in [0.1, 0.15) is 6.10 Å². The Kier molecular flexibility index (Phi) is 6.63. The molecule has 0 aliphatic carbocycles. The van der Waals surface area contributed by atoms with Crippen LogP contribution < -0.4 is 4.90 Å². The van der Waals surface area contributed by atoms with Crippen molar-refractivity contribution in [2.45, 2.75) is 18.7 Å². The SMILES string of the molecule is CN1CC(CCN2CCN(c3cccc(C(F)(F)F)c3)CC2)OC1=O.Cl. The fourth-order valence-electron chi connectivity index (χ4n) is 3.24. The van der Waals surface area contributed by atoms with Gasteiger partial charge in [-0.25, -0.2) is 4.79 Å². The Bertz CT molecular complexity index is 622. The van der Waals surface area contributed by atoms with E-state index in [0.717, 1.165) is 32.1 Å². The quantitative estimate of drug-likeness (QED) is 0.787. The molecule has 1 aromatic rings. The lowest BCUT2D eigenvalue weighted by Crippen LogP contribution is -2.47. The summed E-state index contributed by atoms with van der Waals surface area (Å²) in [5.74, 6) is 0. The van der Waals surface area contributed by atoms with Crippen molar-refractivity contribution in [3.8, 4) is 0 Å². The van der Waals surface area contributed by atoms with Crippen molar-refractivity contribution in [1.82, 2.24) is 9.80 Å². The third kappa shape index (κ3) is 4.94. The van der Waals surface area contributed by atoms with Gasteiger partial charge in [0, 0.05) is 45.5 Å². The molecule has 26 heavy (non-hydrogen) atoms. The standard InChI is InChI=1S/C17H22F3N3O2.ClH/c1-21-12-15(25-16(21)24)5-6-22-7-9-23(10-8-22)14-4-2-3-13(11-14)17(18,19)20;/h2-4,11,15H,5-10,12H2,1H3;1H. The molecule has 5 nitrogen and oxygen atoms in total. The number of halogens is 4. The second kappa shape index (κ2) is 8.35. The Morgan fingerprint density at radius 1 is 1.19 bits per heavy atom. The van der Waals surface area contributed by atoms with Crippen LogP contribution in [-0.2, 0) is 10.9 Å². The van der Waals surface area contributed by atoms with Gasteiger partial charge in [0.2, 0.25) is 0 Å². The summed E-state index contributed by atoms with van der Waals surface area (Å²) >= 11 is 0. The van der Waals surface area contributed by atoms with Crippen molar-refractivity contribution in [2.24, 2.45) is 0 Å². The fraction of sp³-hybridized carbons (Fsp3) is 0.588. The highest BCUT2D eigenvalue weighted by Crippen LogP contribution is 2.31. The maximum atomic E-state index is 12.8. The minimum atomic E-state index is -4.32. The van der Waals surface area contributed by atoms with E-state index in [1.807, 2.05) is 4.90 Å². The number of cyclic esters (lactones) is 1. The second-order valence-electron chi connectivity index (χ2n) is 6.55. The summed E-state index contributed by atoms with van der Waals surface area (Å²) in [6.45, 7) is 4.38. The summed E-state index contributed by atoms with van der Waals surface area (Å²) in [4.78, 5) is 17.1. The second-order valence-corrected chi connectivity index (χ2v) is 6.55. The van der Waals surface area contributed by atoms with Gasteiger partial charge in [-0.05, 0) is 24.6 Å². The summed E-state index contributed by atoms with van der Waals surface area (Å²) < 4.78 is 43.7. The van der Waals surface area contributed by atoms with E-state index >= 15 is 0 Å². The van der Waals surface area contributed by atoms with Crippen molar-refractivity contribution in [3.63, 3.8) is 0 Å². The number of piperazine rings is 1. The van der Waals surface area contributed by atoms with Gasteiger partial charge in [0.05, 0.1) is 12.1 Å². The van der Waals surface area contributed by atoms with Crippen LogP contribution in [0.2, 0.25) is 0 Å². The van der Waals surface area contributed by atoms with Crippen molar-refractivity contribution in [2.75, 3.05) is 51.2 Å². The Balaban J connectivity index is 0.00000243. The van der Waals surface area contributed by atoms with Crippen LogP contribution in [0.1, 0.15) is 12.0 Å². The van der Waals surface area contributed by atoms with E-state index in [-0.39, 0.29) is 24.6 Å². The van der Waals surface area contributed by atoms with Crippen LogP contribution in [-0.4, -0.2) is 68.3 Å². The number of rotatable bonds is 4. The van der Waals surface area contributed by atoms with E-state index in [4.69, 9.17) is 4.74 Å². The first kappa shape index (κ1) is 20.6. The number of hydrogen-bond donors (Lipinski definition) is 0. The van der Waals surface area contributed by atoms with E-state index < -0.39 is 11.7 Å². The molecule has 1 aromatic carbocycles. The van der Waals surface area contributed by atoms with Gasteiger partial charge in [-0.2, -0.15) is 13.2 Å². The molecule has 0 aromatic heterocycles. The average molecular weight is 394 g/mol. The highest BCUT2D eigenvalue weighted by Gasteiger charge is 2.31. The van der Waals surface area contributed by atoms with Gasteiger partial charge < -0.3 is 14.5 Å². The van der Waals surface area contributed by atoms with Gasteiger partial charge >= 0.3 is 12.3 Å². The number of carbonyl (C=O) groups is 1. The number of carbonyl (C=O) groups excluding carboxylic acids is 1. The number of amides is 1. The molecule has 2 aliphatic rings. The van der Waals surface area contributed by atoms with Crippen molar-refractivity contribution in [1.29, 1.82) is 0 Å². The molecule has 2 saturated heterocycles. The molecule has 0 bridgehead atoms. The lowest BCUT2D eigenvalue weighted by Gasteiger charge is -2.36. The van der Waals surface area contributed by atoms with Crippen LogP contribution >= 0.6 is 12.4 Å². The minimum Gasteiger partial charge on any atom is -0.444 e. The Hall–Kier alpha value is -1.67. The Morgan fingerprint density at radius 3 is 2.46 bits per heavy atom. The maximum absolute atomic E-state index is 12.8. The molecule has 3 rings (SSSR count). The van der Waals surface area contributed by atoms with Crippen molar-refractivity contribution < 1.29 is 22.7 Å². The zero-order valence-electron chi connectivity index (χ0n) is 14.5. The zero-order valence-corrected chi connectivity index (χ0v) is 15.4. The minimum absolute atomic E-state index is 0. The van der Waals surface area contributed by atoms with Crippen LogP contribution in [0.5, 0.6) is 0 Å². The lowest BCUT2D eigenvalue weighted by molar-refractivity contribution is -0.137. The fourth-order valence-corrected chi connectivity index (χ4v) is 3.24. The summed E-state index contributed by atoms with van der Waals surface area (Å²) in [5, 5.41) is 0. The zero-order chi connectivity index (χ0) is 18.0. The van der Waals surface area contributed by atoms with Gasteiger partial charge in [0.15, 0.2) is 0 Å². The lowest BCUT2D eigenvalue weighted by atomic mass is 10.1. The van der Waals surface area contributed by atoms with Crippen molar-refractivity contribution >= 4 is 24.2 Å². The number of benzene rings is 1. The smallest absolute Gasteiger partial charge is 0.416 e. The van der Waals surface area contributed by atoms with Crippen LogP contribution in [0.25, 0.3) is 0 Å². The molecule has 1 atom stereocenters. The molecule has 9 heteroatoms. The summed E-state index contributed by atoms with van der Waals surface area (Å²) in [6, 6.07) is 5.48. The van der Waals surface area contributed by atoms with Crippen LogP contribution in [0.3, 0.4) is 0 Å². The van der Waals surface area contributed by atoms with E-state index in [2.05, 4.69) is 4.90 Å². The number of likely N-dealkylation sites (N-methyl/N-ethyl adjacent to an activating group) is 1. The highest BCUT2D eigenvalue weighted by molar-refractivity contribution is 5.85. The highest BCUT2D eigenvalue weighted by atomic mass is 35.5. The third-order valence-corrected chi connectivity index (χ3v) is 4.73. The molecule has 0 radical (unpaired) electrons. The first-order chi connectivity index (χ1) is 11.8. The summed E-state index contributed by atoms with van der Waals surface area (Å²) in [5.41, 5.74) is 0.000390. The molecule has 2 aliphatic heterocycles. The van der Waals surface area contributed by atoms with Crippen LogP contribution in [0, 0.1) is 0 Å². The number of anilines is 1. The van der Waals surface area contributed by atoms with E-state index in [0.29, 0.717) is 25.3 Å². The molecule has 0 N–H and O–H groups in total. The first-order valence-electron chi connectivity index (χ1n) is 8.39. The summed E-state index contributed by atoms with van der Waals surface area (Å²) in [6.07, 6.45) is -3.89. The van der Waals surface area contributed by atoms with E-state index in [1.54, 1.807) is 18.0 Å². The molecular formula is C17H23ClF3N3O2. The predicted molar refractivity (Wildman–Crippen MR) is 94.9 cm³/mol. The van der Waals surface area contributed by atoms with Crippen molar-refractivity contribution in [3.05, 3.63) is 29.8 Å². The number of hydrogen-bond acceptors (Lipinski definition) is 4. The number of alkyl halides is 3. The number of nitrogens with zero attached hydrogens (tertiary/aromatic N) is 3. The van der Waals surface area contributed by atoms with Gasteiger partial charge in [0.25, 0.3) is 0 Å². The molecule has 2 heterocycles. The maximum Gasteiger partial charge on any atom is 0.416 e. The Morgan fingerprint density at radius 2 is 1.88 bits per heavy atom. The molecule has 2 fully saturated rings. The molecule has 146 valence electrons. The normalized spacial score (nSPS) is 21.5.